The summed E-state index contributed by atoms with van der Waals surface area (Å²) in [6.45, 7) is 0.870. The van der Waals surface area contributed by atoms with Crippen LogP contribution in [0.15, 0.2) is 113 Å². The molecule has 0 aliphatic heterocycles. The molecule has 0 aliphatic carbocycles. The van der Waals surface area contributed by atoms with E-state index in [1.54, 1.807) is 18.5 Å². The molecule has 0 unspecified atom stereocenters. The van der Waals surface area contributed by atoms with Gasteiger partial charge in [0.05, 0.1) is 6.21 Å². The summed E-state index contributed by atoms with van der Waals surface area (Å²) >= 11 is 0. The Morgan fingerprint density at radius 3 is 2.03 bits per heavy atom. The van der Waals surface area contributed by atoms with E-state index in [0.29, 0.717) is 30.4 Å². The van der Waals surface area contributed by atoms with E-state index in [2.05, 4.69) is 15.2 Å². The molecule has 0 spiro atoms. The number of nitrogens with two attached hydrogens (primary N) is 1. The van der Waals surface area contributed by atoms with E-state index in [4.69, 9.17) is 15.2 Å². The highest BCUT2D eigenvalue weighted by molar-refractivity contribution is 5.96. The van der Waals surface area contributed by atoms with Crippen LogP contribution in [0.5, 0.6) is 11.5 Å². The minimum absolute atomic E-state index is 0.246. The molecule has 4 aromatic rings. The van der Waals surface area contributed by atoms with Crippen molar-refractivity contribution >= 4 is 12.1 Å². The third-order valence-corrected chi connectivity index (χ3v) is 4.74. The van der Waals surface area contributed by atoms with Gasteiger partial charge in [-0.3, -0.25) is 4.98 Å². The molecule has 6 heteroatoms. The maximum Gasteiger partial charge on any atom is 0.171 e. The Bertz CT molecular complexity index is 1210. The van der Waals surface area contributed by atoms with Crippen LogP contribution in [0.1, 0.15) is 22.4 Å². The number of rotatable bonds is 9. The molecule has 0 fully saturated rings. The maximum absolute atomic E-state index is 6.09. The van der Waals surface area contributed by atoms with Gasteiger partial charge in [0.25, 0.3) is 0 Å². The number of pyridine rings is 1. The highest BCUT2D eigenvalue weighted by atomic mass is 16.5. The largest absolute Gasteiger partial charge is 0.485 e. The topological polar surface area (TPSA) is 82.1 Å². The van der Waals surface area contributed by atoms with Gasteiger partial charge in [0, 0.05) is 6.20 Å². The van der Waals surface area contributed by atoms with Crippen molar-refractivity contribution in [3.63, 3.8) is 0 Å². The van der Waals surface area contributed by atoms with E-state index < -0.39 is 0 Å². The van der Waals surface area contributed by atoms with Gasteiger partial charge in [-0.05, 0) is 47.0 Å². The quantitative estimate of drug-likeness (QED) is 0.228. The third-order valence-electron chi connectivity index (χ3n) is 4.74. The zero-order valence-corrected chi connectivity index (χ0v) is 18.0. The lowest BCUT2D eigenvalue weighted by Gasteiger charge is -2.14. The van der Waals surface area contributed by atoms with Gasteiger partial charge in [-0.15, -0.1) is 5.10 Å². The first-order chi connectivity index (χ1) is 16.3. The number of aromatic nitrogens is 1. The minimum Gasteiger partial charge on any atom is -0.485 e. The van der Waals surface area contributed by atoms with Gasteiger partial charge >= 0.3 is 0 Å². The van der Waals surface area contributed by atoms with Crippen LogP contribution < -0.4 is 15.2 Å². The summed E-state index contributed by atoms with van der Waals surface area (Å²) in [6, 6.07) is 31.1. The lowest BCUT2D eigenvalue weighted by atomic mass is 10.2. The molecule has 1 aromatic heterocycles. The van der Waals surface area contributed by atoms with Crippen LogP contribution in [-0.4, -0.2) is 17.0 Å². The fourth-order valence-corrected chi connectivity index (χ4v) is 3.03. The molecule has 6 nitrogen and oxygen atoms in total. The molecule has 33 heavy (non-hydrogen) atoms. The van der Waals surface area contributed by atoms with Crippen LogP contribution in [0.2, 0.25) is 0 Å². The number of nitrogens with zero attached hydrogens (tertiary/aromatic N) is 3. The number of hydrogen-bond donors (Lipinski definition) is 1. The SMILES string of the molecule is N/C(=N/N=C/c1ccc(OCc2ccccc2)c(OCc2ccccc2)c1)c1ccccn1. The first-order valence-electron chi connectivity index (χ1n) is 10.5. The molecule has 4 rings (SSSR count). The van der Waals surface area contributed by atoms with Crippen LogP contribution in [0.25, 0.3) is 0 Å². The van der Waals surface area contributed by atoms with Crippen LogP contribution in [0, 0.1) is 0 Å². The monoisotopic (exact) mass is 436 g/mol. The van der Waals surface area contributed by atoms with Gasteiger partial charge in [-0.2, -0.15) is 5.10 Å². The summed E-state index contributed by atoms with van der Waals surface area (Å²) in [4.78, 5) is 4.16. The fourth-order valence-electron chi connectivity index (χ4n) is 3.03. The molecule has 3 aromatic carbocycles. The van der Waals surface area contributed by atoms with E-state index in [1.165, 1.54) is 0 Å². The molecule has 0 bridgehead atoms. The molecule has 0 amide bonds. The van der Waals surface area contributed by atoms with Crippen LogP contribution in [-0.2, 0) is 13.2 Å². The summed E-state index contributed by atoms with van der Waals surface area (Å²) in [6.07, 6.45) is 3.28. The van der Waals surface area contributed by atoms with Crippen molar-refractivity contribution in [2.45, 2.75) is 13.2 Å². The first-order valence-corrected chi connectivity index (χ1v) is 10.5. The van der Waals surface area contributed by atoms with Crippen molar-refractivity contribution in [2.75, 3.05) is 0 Å². The molecule has 0 saturated heterocycles. The number of hydrogen-bond acceptors (Lipinski definition) is 5. The van der Waals surface area contributed by atoms with Crippen molar-refractivity contribution in [3.05, 3.63) is 126 Å². The third kappa shape index (κ3) is 6.51. The molecule has 2 N–H and O–H groups in total. The second-order valence-electron chi connectivity index (χ2n) is 7.20. The Hall–Kier alpha value is -4.45. The smallest absolute Gasteiger partial charge is 0.171 e. The predicted molar refractivity (Wildman–Crippen MR) is 131 cm³/mol. The molecule has 0 saturated carbocycles. The Labute approximate surface area is 193 Å². The molecular formula is C27H24N4O2. The Kier molecular flexibility index (Phi) is 7.42. The summed E-state index contributed by atoms with van der Waals surface area (Å²) in [5, 5.41) is 8.14. The van der Waals surface area contributed by atoms with Gasteiger partial charge < -0.3 is 15.2 Å². The van der Waals surface area contributed by atoms with E-state index >= 15 is 0 Å². The second kappa shape index (κ2) is 11.2. The Morgan fingerprint density at radius 2 is 1.39 bits per heavy atom. The van der Waals surface area contributed by atoms with Crippen molar-refractivity contribution in [1.29, 1.82) is 0 Å². The fraction of sp³-hybridized carbons (Fsp3) is 0.0741. The number of amidine groups is 1. The van der Waals surface area contributed by atoms with Crippen LogP contribution in [0.4, 0.5) is 0 Å². The Morgan fingerprint density at radius 1 is 0.758 bits per heavy atom. The second-order valence-corrected chi connectivity index (χ2v) is 7.20. The summed E-state index contributed by atoms with van der Waals surface area (Å²) in [5.74, 6) is 1.53. The zero-order chi connectivity index (χ0) is 22.7. The molecular weight excluding hydrogens is 412 g/mol. The van der Waals surface area contributed by atoms with Crippen molar-refractivity contribution in [1.82, 2.24) is 4.98 Å². The highest BCUT2D eigenvalue weighted by Crippen LogP contribution is 2.29. The van der Waals surface area contributed by atoms with Crippen molar-refractivity contribution in [2.24, 2.45) is 15.9 Å². The van der Waals surface area contributed by atoms with E-state index in [0.717, 1.165) is 16.7 Å². The minimum atomic E-state index is 0.246. The van der Waals surface area contributed by atoms with E-state index in [9.17, 15) is 0 Å². The average molecular weight is 437 g/mol. The van der Waals surface area contributed by atoms with Crippen molar-refractivity contribution in [3.8, 4) is 11.5 Å². The lowest BCUT2D eigenvalue weighted by molar-refractivity contribution is 0.256. The van der Waals surface area contributed by atoms with Gasteiger partial charge in [-0.1, -0.05) is 66.7 Å². The number of benzene rings is 3. The van der Waals surface area contributed by atoms with Crippen molar-refractivity contribution < 1.29 is 9.47 Å². The summed E-state index contributed by atoms with van der Waals surface area (Å²) < 4.78 is 12.1. The summed E-state index contributed by atoms with van der Waals surface area (Å²) in [5.41, 5.74) is 9.48. The van der Waals surface area contributed by atoms with Crippen LogP contribution >= 0.6 is 0 Å². The van der Waals surface area contributed by atoms with Gasteiger partial charge in [0.15, 0.2) is 17.3 Å². The molecule has 1 heterocycles. The molecule has 0 aliphatic rings. The first kappa shape index (κ1) is 21.8. The van der Waals surface area contributed by atoms with Gasteiger partial charge in [-0.25, -0.2) is 0 Å². The number of ether oxygens (including phenoxy) is 2. The molecule has 0 radical (unpaired) electrons. The van der Waals surface area contributed by atoms with E-state index in [1.807, 2.05) is 91.0 Å². The van der Waals surface area contributed by atoms with Crippen LogP contribution in [0.3, 0.4) is 0 Å². The predicted octanol–water partition coefficient (Wildman–Crippen LogP) is 4.98. The average Bonchev–Trinajstić information content (AvgIpc) is 2.88. The molecule has 164 valence electrons. The Balaban J connectivity index is 1.51. The standard InChI is InChI=1S/C27H24N4O2/c28-27(24-13-7-8-16-29-24)31-30-18-23-14-15-25(32-19-21-9-3-1-4-10-21)26(17-23)33-20-22-11-5-2-6-12-22/h1-18H,19-20H2,(H2,28,31)/b30-18+. The normalized spacial score (nSPS) is 11.5. The maximum atomic E-state index is 6.09. The zero-order valence-electron chi connectivity index (χ0n) is 18.0. The highest BCUT2D eigenvalue weighted by Gasteiger charge is 2.08. The van der Waals surface area contributed by atoms with Gasteiger partial charge in [0.1, 0.15) is 18.9 Å². The van der Waals surface area contributed by atoms with Gasteiger partial charge in [0.2, 0.25) is 0 Å². The summed E-state index contributed by atoms with van der Waals surface area (Å²) in [7, 11) is 0. The lowest BCUT2D eigenvalue weighted by Crippen LogP contribution is -2.14. The molecule has 0 atom stereocenters. The van der Waals surface area contributed by atoms with E-state index in [-0.39, 0.29) is 5.84 Å².